The van der Waals surface area contributed by atoms with E-state index in [-0.39, 0.29) is 30.4 Å². The van der Waals surface area contributed by atoms with Gasteiger partial charge in [-0.1, -0.05) is 62.7 Å². The number of hydrogen-bond donors (Lipinski definition) is 5. The lowest BCUT2D eigenvalue weighted by Gasteiger charge is -2.29. The number of amides is 3. The molecule has 1 fully saturated rings. The van der Waals surface area contributed by atoms with E-state index < -0.39 is 42.0 Å². The average Bonchev–Trinajstić information content (AvgIpc) is 3.42. The third-order valence-electron chi connectivity index (χ3n) is 7.24. The van der Waals surface area contributed by atoms with Crippen molar-refractivity contribution in [2.24, 2.45) is 11.7 Å². The van der Waals surface area contributed by atoms with Gasteiger partial charge >= 0.3 is 5.97 Å². The maximum Gasteiger partial charge on any atom is 0.326 e. The molecular weight excluding hydrogens is 500 g/mol. The van der Waals surface area contributed by atoms with Crippen LogP contribution in [0, 0.1) is 5.92 Å². The van der Waals surface area contributed by atoms with E-state index in [4.69, 9.17) is 5.73 Å². The standard InChI is InChI=1S/C29H38N4O6/c1-3-18(2)25(29(38)39)32-26(35)23(17-19-8-5-4-6-9-19)31-27(36)24-10-7-15-33(24)28(37)22(30)16-20-11-13-21(34)14-12-20/h4-6,8-9,11-14,18,22-25,34H,3,7,10,15-17,30H2,1-2H3,(H,31,36)(H,32,35)(H,38,39). The predicted molar refractivity (Wildman–Crippen MR) is 146 cm³/mol. The van der Waals surface area contributed by atoms with Gasteiger partial charge in [0.05, 0.1) is 6.04 Å². The van der Waals surface area contributed by atoms with Crippen molar-refractivity contribution < 1.29 is 29.4 Å². The first-order valence-corrected chi connectivity index (χ1v) is 13.3. The van der Waals surface area contributed by atoms with Gasteiger partial charge in [0.1, 0.15) is 23.9 Å². The number of rotatable bonds is 12. The number of hydrogen-bond acceptors (Lipinski definition) is 6. The number of nitrogens with zero attached hydrogens (tertiary/aromatic N) is 1. The van der Waals surface area contributed by atoms with Crippen molar-refractivity contribution in [3.05, 3.63) is 65.7 Å². The number of phenols is 1. The largest absolute Gasteiger partial charge is 0.508 e. The summed E-state index contributed by atoms with van der Waals surface area (Å²) < 4.78 is 0. The Labute approximate surface area is 228 Å². The van der Waals surface area contributed by atoms with Crippen LogP contribution in [-0.4, -0.2) is 69.5 Å². The molecule has 0 aromatic heterocycles. The molecule has 5 unspecified atom stereocenters. The fourth-order valence-electron chi connectivity index (χ4n) is 4.75. The predicted octanol–water partition coefficient (Wildman–Crippen LogP) is 1.60. The number of carboxylic acids is 1. The molecule has 5 atom stereocenters. The minimum Gasteiger partial charge on any atom is -0.508 e. The smallest absolute Gasteiger partial charge is 0.326 e. The van der Waals surface area contributed by atoms with E-state index in [1.54, 1.807) is 19.1 Å². The van der Waals surface area contributed by atoms with Crippen LogP contribution in [0.1, 0.15) is 44.2 Å². The van der Waals surface area contributed by atoms with Gasteiger partial charge in [0.15, 0.2) is 0 Å². The van der Waals surface area contributed by atoms with Gasteiger partial charge in [0.2, 0.25) is 17.7 Å². The van der Waals surface area contributed by atoms with Crippen LogP contribution >= 0.6 is 0 Å². The highest BCUT2D eigenvalue weighted by atomic mass is 16.4. The third-order valence-corrected chi connectivity index (χ3v) is 7.24. The Morgan fingerprint density at radius 2 is 1.64 bits per heavy atom. The molecule has 39 heavy (non-hydrogen) atoms. The maximum absolute atomic E-state index is 13.4. The lowest BCUT2D eigenvalue weighted by atomic mass is 9.98. The molecule has 1 heterocycles. The Morgan fingerprint density at radius 1 is 1.00 bits per heavy atom. The van der Waals surface area contributed by atoms with E-state index in [0.717, 1.165) is 11.1 Å². The van der Waals surface area contributed by atoms with Crippen molar-refractivity contribution in [1.82, 2.24) is 15.5 Å². The van der Waals surface area contributed by atoms with Gasteiger partial charge in [-0.2, -0.15) is 0 Å². The molecule has 0 saturated carbocycles. The van der Waals surface area contributed by atoms with E-state index in [1.165, 1.54) is 17.0 Å². The molecular formula is C29H38N4O6. The molecule has 1 saturated heterocycles. The normalized spacial score (nSPS) is 18.0. The van der Waals surface area contributed by atoms with Crippen LogP contribution in [0.3, 0.4) is 0 Å². The number of benzene rings is 2. The highest BCUT2D eigenvalue weighted by Gasteiger charge is 2.38. The molecule has 2 aromatic rings. The van der Waals surface area contributed by atoms with Gasteiger partial charge in [0, 0.05) is 13.0 Å². The van der Waals surface area contributed by atoms with Crippen molar-refractivity contribution in [3.8, 4) is 5.75 Å². The number of nitrogens with two attached hydrogens (primary N) is 1. The molecule has 2 aromatic carbocycles. The lowest BCUT2D eigenvalue weighted by Crippen LogP contribution is -2.58. The van der Waals surface area contributed by atoms with Gasteiger partial charge in [-0.25, -0.2) is 4.79 Å². The van der Waals surface area contributed by atoms with E-state index in [0.29, 0.717) is 25.8 Å². The molecule has 3 rings (SSSR count). The molecule has 0 radical (unpaired) electrons. The number of carbonyl (C=O) groups is 4. The third kappa shape index (κ3) is 8.03. The van der Waals surface area contributed by atoms with Gasteiger partial charge in [-0.3, -0.25) is 14.4 Å². The first-order valence-electron chi connectivity index (χ1n) is 13.3. The quantitative estimate of drug-likeness (QED) is 0.274. The number of carbonyl (C=O) groups excluding carboxylic acids is 3. The highest BCUT2D eigenvalue weighted by molar-refractivity contribution is 5.94. The Hall–Kier alpha value is -3.92. The van der Waals surface area contributed by atoms with Gasteiger partial charge < -0.3 is 31.5 Å². The summed E-state index contributed by atoms with van der Waals surface area (Å²) in [6, 6.07) is 11.7. The number of aliphatic carboxylic acids is 1. The van der Waals surface area contributed by atoms with Crippen molar-refractivity contribution >= 4 is 23.7 Å². The van der Waals surface area contributed by atoms with Crippen LogP contribution in [0.4, 0.5) is 0 Å². The number of aromatic hydroxyl groups is 1. The summed E-state index contributed by atoms with van der Waals surface area (Å²) in [5.74, 6) is -2.78. The second-order valence-electron chi connectivity index (χ2n) is 10.1. The molecule has 10 nitrogen and oxygen atoms in total. The van der Waals surface area contributed by atoms with E-state index >= 15 is 0 Å². The number of phenolic OH excluding ortho intramolecular Hbond substituents is 1. The van der Waals surface area contributed by atoms with Crippen LogP contribution < -0.4 is 16.4 Å². The topological polar surface area (TPSA) is 162 Å². The Kier molecular flexibility index (Phi) is 10.4. The molecule has 1 aliphatic rings. The summed E-state index contributed by atoms with van der Waals surface area (Å²) in [5, 5.41) is 24.5. The van der Waals surface area contributed by atoms with Crippen LogP contribution in [-0.2, 0) is 32.0 Å². The molecule has 3 amide bonds. The summed E-state index contributed by atoms with van der Waals surface area (Å²) in [4.78, 5) is 53.2. The Bertz CT molecular complexity index is 1140. The summed E-state index contributed by atoms with van der Waals surface area (Å²) in [6.45, 7) is 3.95. The summed E-state index contributed by atoms with van der Waals surface area (Å²) in [5.41, 5.74) is 7.78. The minimum atomic E-state index is -1.14. The Morgan fingerprint density at radius 3 is 2.26 bits per heavy atom. The molecule has 0 bridgehead atoms. The van der Waals surface area contributed by atoms with Crippen molar-refractivity contribution in [2.45, 2.75) is 70.1 Å². The van der Waals surface area contributed by atoms with Crippen molar-refractivity contribution in [3.63, 3.8) is 0 Å². The number of carboxylic acid groups (broad SMARTS) is 1. The molecule has 10 heteroatoms. The summed E-state index contributed by atoms with van der Waals surface area (Å²) >= 11 is 0. The number of nitrogens with one attached hydrogen (secondary N) is 2. The van der Waals surface area contributed by atoms with Crippen LogP contribution in [0.2, 0.25) is 0 Å². The summed E-state index contributed by atoms with van der Waals surface area (Å²) in [6.07, 6.45) is 1.99. The van der Waals surface area contributed by atoms with Crippen LogP contribution in [0.15, 0.2) is 54.6 Å². The van der Waals surface area contributed by atoms with Gasteiger partial charge in [0.25, 0.3) is 0 Å². The SMILES string of the molecule is CCC(C)C(NC(=O)C(Cc1ccccc1)NC(=O)C1CCCN1C(=O)C(N)Cc1ccc(O)cc1)C(=O)O. The van der Waals surface area contributed by atoms with E-state index in [9.17, 15) is 29.4 Å². The zero-order valence-corrected chi connectivity index (χ0v) is 22.4. The van der Waals surface area contributed by atoms with Crippen molar-refractivity contribution in [2.75, 3.05) is 6.54 Å². The second kappa shape index (κ2) is 13.7. The zero-order valence-electron chi connectivity index (χ0n) is 22.4. The maximum atomic E-state index is 13.4. The average molecular weight is 539 g/mol. The van der Waals surface area contributed by atoms with Crippen LogP contribution in [0.25, 0.3) is 0 Å². The monoisotopic (exact) mass is 538 g/mol. The highest BCUT2D eigenvalue weighted by Crippen LogP contribution is 2.20. The molecule has 1 aliphatic heterocycles. The molecule has 6 N–H and O–H groups in total. The van der Waals surface area contributed by atoms with Gasteiger partial charge in [-0.05, 0) is 48.4 Å². The fraction of sp³-hybridized carbons (Fsp3) is 0.448. The first-order chi connectivity index (χ1) is 18.6. The Balaban J connectivity index is 1.73. The van der Waals surface area contributed by atoms with E-state index in [1.807, 2.05) is 37.3 Å². The minimum absolute atomic E-state index is 0.114. The second-order valence-corrected chi connectivity index (χ2v) is 10.1. The summed E-state index contributed by atoms with van der Waals surface area (Å²) in [7, 11) is 0. The number of likely N-dealkylation sites (tertiary alicyclic amines) is 1. The molecule has 0 spiro atoms. The van der Waals surface area contributed by atoms with Crippen LogP contribution in [0.5, 0.6) is 5.75 Å². The lowest BCUT2D eigenvalue weighted by molar-refractivity contribution is -0.144. The molecule has 0 aliphatic carbocycles. The molecule has 210 valence electrons. The zero-order chi connectivity index (χ0) is 28.5. The van der Waals surface area contributed by atoms with Gasteiger partial charge in [-0.15, -0.1) is 0 Å². The fourth-order valence-corrected chi connectivity index (χ4v) is 4.75. The van der Waals surface area contributed by atoms with E-state index in [2.05, 4.69) is 10.6 Å². The van der Waals surface area contributed by atoms with Crippen molar-refractivity contribution in [1.29, 1.82) is 0 Å². The first kappa shape index (κ1) is 29.6.